The molecule has 2 aromatic carbocycles. The minimum Gasteiger partial charge on any atom is -0.460 e. The fourth-order valence-corrected chi connectivity index (χ4v) is 3.08. The molecule has 0 saturated carbocycles. The average molecular weight is 350 g/mol. The molecular weight excluding hydrogens is 328 g/mol. The van der Waals surface area contributed by atoms with Crippen molar-refractivity contribution in [3.8, 4) is 0 Å². The lowest BCUT2D eigenvalue weighted by atomic mass is 9.97. The number of carbonyl (C=O) groups excluding carboxylic acids is 1. The molecule has 0 fully saturated rings. The highest BCUT2D eigenvalue weighted by Crippen LogP contribution is 2.24. The Balaban J connectivity index is 1.86. The van der Waals surface area contributed by atoms with E-state index in [9.17, 15) is 9.59 Å². The van der Waals surface area contributed by atoms with Gasteiger partial charge in [0.2, 0.25) is 0 Å². The van der Waals surface area contributed by atoms with Crippen LogP contribution in [0.4, 0.5) is 0 Å². The molecule has 0 aliphatic heterocycles. The summed E-state index contributed by atoms with van der Waals surface area (Å²) in [4.78, 5) is 24.4. The zero-order valence-electron chi connectivity index (χ0n) is 15.2. The van der Waals surface area contributed by atoms with Crippen LogP contribution in [0, 0.1) is 13.8 Å². The molecule has 0 aliphatic carbocycles. The third-order valence-corrected chi connectivity index (χ3v) is 4.71. The number of rotatable bonds is 5. The molecule has 4 heteroatoms. The van der Waals surface area contributed by atoms with Crippen LogP contribution >= 0.6 is 0 Å². The molecule has 4 nitrogen and oxygen atoms in total. The number of hydrogen-bond acceptors (Lipinski definition) is 4. The van der Waals surface area contributed by atoms with Gasteiger partial charge in [0.15, 0.2) is 0 Å². The summed E-state index contributed by atoms with van der Waals surface area (Å²) < 4.78 is 10.8. The van der Waals surface area contributed by atoms with Crippen molar-refractivity contribution < 1.29 is 13.9 Å². The van der Waals surface area contributed by atoms with E-state index < -0.39 is 5.63 Å². The van der Waals surface area contributed by atoms with E-state index in [2.05, 4.69) is 0 Å². The molecule has 0 saturated heterocycles. The molecule has 0 N–H and O–H groups in total. The van der Waals surface area contributed by atoms with Crippen molar-refractivity contribution in [1.29, 1.82) is 0 Å². The van der Waals surface area contributed by atoms with Crippen LogP contribution in [0.2, 0.25) is 0 Å². The Morgan fingerprint density at radius 1 is 1.08 bits per heavy atom. The van der Waals surface area contributed by atoms with Crippen molar-refractivity contribution in [3.05, 3.63) is 81.2 Å². The Morgan fingerprint density at radius 3 is 2.46 bits per heavy atom. The summed E-state index contributed by atoms with van der Waals surface area (Å²) in [5.41, 5.74) is 3.81. The summed E-state index contributed by atoms with van der Waals surface area (Å²) in [5, 5.41) is 0.799. The summed E-state index contributed by atoms with van der Waals surface area (Å²) in [7, 11) is 0. The molecule has 0 radical (unpaired) electrons. The number of hydrogen-bond donors (Lipinski definition) is 0. The van der Waals surface area contributed by atoms with Gasteiger partial charge in [-0.3, -0.25) is 4.79 Å². The van der Waals surface area contributed by atoms with Crippen LogP contribution in [0.3, 0.4) is 0 Å². The Labute approximate surface area is 152 Å². The van der Waals surface area contributed by atoms with Crippen LogP contribution in [0.1, 0.15) is 41.5 Å². The van der Waals surface area contributed by atoms with E-state index in [1.807, 2.05) is 63.2 Å². The van der Waals surface area contributed by atoms with Crippen LogP contribution in [0.5, 0.6) is 0 Å². The summed E-state index contributed by atoms with van der Waals surface area (Å²) >= 11 is 0. The van der Waals surface area contributed by atoms with Crippen molar-refractivity contribution in [2.45, 2.75) is 39.7 Å². The van der Waals surface area contributed by atoms with Gasteiger partial charge in [-0.25, -0.2) is 4.79 Å². The van der Waals surface area contributed by atoms with Gasteiger partial charge in [0.25, 0.3) is 0 Å². The Hall–Kier alpha value is -2.88. The van der Waals surface area contributed by atoms with E-state index in [-0.39, 0.29) is 18.5 Å². The first-order valence-corrected chi connectivity index (χ1v) is 8.75. The van der Waals surface area contributed by atoms with Crippen molar-refractivity contribution in [1.82, 2.24) is 0 Å². The lowest BCUT2D eigenvalue weighted by Crippen LogP contribution is -2.16. The smallest absolute Gasteiger partial charge is 0.336 e. The fraction of sp³-hybridized carbons (Fsp3) is 0.273. The number of aryl methyl sites for hydroxylation is 2. The predicted octanol–water partition coefficient (Wildman–Crippen LogP) is 4.65. The average Bonchev–Trinajstić information content (AvgIpc) is 2.62. The molecule has 1 unspecified atom stereocenters. The van der Waals surface area contributed by atoms with Gasteiger partial charge < -0.3 is 9.15 Å². The van der Waals surface area contributed by atoms with Crippen molar-refractivity contribution in [2.75, 3.05) is 0 Å². The Kier molecular flexibility index (Phi) is 5.21. The summed E-state index contributed by atoms with van der Waals surface area (Å²) in [5.74, 6) is -0.601. The Morgan fingerprint density at radius 2 is 1.77 bits per heavy atom. The van der Waals surface area contributed by atoms with Gasteiger partial charge in [-0.05, 0) is 49.1 Å². The summed E-state index contributed by atoms with van der Waals surface area (Å²) in [6.07, 6.45) is 0.652. The first kappa shape index (κ1) is 17.9. The molecule has 134 valence electrons. The predicted molar refractivity (Wildman–Crippen MR) is 101 cm³/mol. The van der Waals surface area contributed by atoms with E-state index in [0.717, 1.165) is 22.1 Å². The van der Waals surface area contributed by atoms with Gasteiger partial charge in [-0.2, -0.15) is 0 Å². The SMILES string of the molecule is CCC(C(=O)OCc1cc(=O)oc2cc(C)c(C)cc12)c1ccccc1. The number of esters is 1. The van der Waals surface area contributed by atoms with Crippen molar-refractivity contribution in [2.24, 2.45) is 0 Å². The minimum absolute atomic E-state index is 0.0484. The standard InChI is InChI=1S/C22H22O4/c1-4-18(16-8-6-5-7-9-16)22(24)25-13-17-12-21(23)26-20-11-15(3)14(2)10-19(17)20/h5-12,18H,4,13H2,1-3H3. The first-order valence-electron chi connectivity index (χ1n) is 8.75. The van der Waals surface area contributed by atoms with Crippen molar-refractivity contribution in [3.63, 3.8) is 0 Å². The molecule has 3 aromatic rings. The third-order valence-electron chi connectivity index (χ3n) is 4.71. The molecule has 0 amide bonds. The molecule has 1 aromatic heterocycles. The van der Waals surface area contributed by atoms with Crippen LogP contribution in [0.15, 0.2) is 57.7 Å². The number of fused-ring (bicyclic) bond motifs is 1. The molecular formula is C22H22O4. The zero-order chi connectivity index (χ0) is 18.7. The fourth-order valence-electron chi connectivity index (χ4n) is 3.08. The van der Waals surface area contributed by atoms with Gasteiger partial charge in [0, 0.05) is 17.0 Å². The van der Waals surface area contributed by atoms with E-state index in [0.29, 0.717) is 17.6 Å². The Bertz CT molecular complexity index is 986. The van der Waals surface area contributed by atoms with E-state index >= 15 is 0 Å². The van der Waals surface area contributed by atoms with Gasteiger partial charge in [-0.1, -0.05) is 37.3 Å². The monoisotopic (exact) mass is 350 g/mol. The molecule has 26 heavy (non-hydrogen) atoms. The second kappa shape index (κ2) is 7.56. The molecule has 0 aliphatic rings. The highest BCUT2D eigenvalue weighted by Gasteiger charge is 2.20. The lowest BCUT2D eigenvalue weighted by molar-refractivity contribution is -0.146. The molecule has 0 bridgehead atoms. The molecule has 3 rings (SSSR count). The van der Waals surface area contributed by atoms with Gasteiger partial charge in [0.05, 0.1) is 5.92 Å². The van der Waals surface area contributed by atoms with Crippen LogP contribution in [0.25, 0.3) is 11.0 Å². The first-order chi connectivity index (χ1) is 12.5. The van der Waals surface area contributed by atoms with E-state index in [1.54, 1.807) is 0 Å². The van der Waals surface area contributed by atoms with Gasteiger partial charge in [-0.15, -0.1) is 0 Å². The van der Waals surface area contributed by atoms with E-state index in [1.165, 1.54) is 6.07 Å². The van der Waals surface area contributed by atoms with Gasteiger partial charge in [0.1, 0.15) is 12.2 Å². The quantitative estimate of drug-likeness (QED) is 0.496. The summed E-state index contributed by atoms with van der Waals surface area (Å²) in [6, 6.07) is 14.8. The highest BCUT2D eigenvalue weighted by molar-refractivity contribution is 5.82. The lowest BCUT2D eigenvalue weighted by Gasteiger charge is -2.15. The van der Waals surface area contributed by atoms with Crippen LogP contribution in [-0.2, 0) is 16.1 Å². The maximum atomic E-state index is 12.6. The number of carbonyl (C=O) groups is 1. The maximum absolute atomic E-state index is 12.6. The summed E-state index contributed by atoms with van der Waals surface area (Å²) in [6.45, 7) is 5.97. The minimum atomic E-state index is -0.443. The van der Waals surface area contributed by atoms with Crippen LogP contribution < -0.4 is 5.63 Å². The number of benzene rings is 2. The topological polar surface area (TPSA) is 56.5 Å². The number of ether oxygens (including phenoxy) is 1. The second-order valence-electron chi connectivity index (χ2n) is 6.50. The van der Waals surface area contributed by atoms with E-state index in [4.69, 9.17) is 9.15 Å². The highest BCUT2D eigenvalue weighted by atomic mass is 16.5. The normalized spacial score (nSPS) is 12.1. The molecule has 1 atom stereocenters. The van der Waals surface area contributed by atoms with Crippen LogP contribution in [-0.4, -0.2) is 5.97 Å². The molecule has 1 heterocycles. The zero-order valence-corrected chi connectivity index (χ0v) is 15.2. The van der Waals surface area contributed by atoms with Gasteiger partial charge >= 0.3 is 11.6 Å². The third kappa shape index (κ3) is 3.69. The second-order valence-corrected chi connectivity index (χ2v) is 6.50. The maximum Gasteiger partial charge on any atom is 0.336 e. The van der Waals surface area contributed by atoms with Crippen molar-refractivity contribution >= 4 is 16.9 Å². The molecule has 0 spiro atoms. The largest absolute Gasteiger partial charge is 0.460 e.